The summed E-state index contributed by atoms with van der Waals surface area (Å²) in [6, 6.07) is -4.73. The number of carboxylic acids is 1. The van der Waals surface area contributed by atoms with Crippen molar-refractivity contribution in [2.75, 3.05) is 6.54 Å². The number of aromatic amines is 2. The highest BCUT2D eigenvalue weighted by Crippen LogP contribution is 2.06. The molecule has 39 heavy (non-hydrogen) atoms. The van der Waals surface area contributed by atoms with Crippen LogP contribution in [0.25, 0.3) is 0 Å². The number of hydrogen-bond acceptors (Lipinski definition) is 9. The van der Waals surface area contributed by atoms with Crippen molar-refractivity contribution in [1.82, 2.24) is 35.9 Å². The number of imidazole rings is 2. The minimum atomic E-state index is -1.35. The number of nitrogens with zero attached hydrogens (tertiary/aromatic N) is 2. The van der Waals surface area contributed by atoms with Crippen molar-refractivity contribution < 1.29 is 29.1 Å². The van der Waals surface area contributed by atoms with Crippen molar-refractivity contribution in [2.45, 2.75) is 69.1 Å². The number of carbonyl (C=O) groups excluding carboxylic acids is 4. The highest BCUT2D eigenvalue weighted by atomic mass is 16.4. The van der Waals surface area contributed by atoms with Gasteiger partial charge in [0.1, 0.15) is 18.1 Å². The monoisotopic (exact) mass is 548 g/mol. The van der Waals surface area contributed by atoms with Gasteiger partial charge in [0, 0.05) is 43.0 Å². The van der Waals surface area contributed by atoms with Gasteiger partial charge in [-0.2, -0.15) is 0 Å². The lowest BCUT2D eigenvalue weighted by atomic mass is 10.0. The van der Waals surface area contributed by atoms with Crippen LogP contribution in [0.1, 0.15) is 43.5 Å². The molecule has 2 aromatic heterocycles. The molecule has 0 aliphatic carbocycles. The largest absolute Gasteiger partial charge is 0.480 e. The van der Waals surface area contributed by atoms with E-state index in [1.165, 1.54) is 25.0 Å². The molecule has 0 aliphatic heterocycles. The van der Waals surface area contributed by atoms with E-state index in [1.54, 1.807) is 0 Å². The van der Waals surface area contributed by atoms with E-state index in [1.807, 2.05) is 0 Å². The second-order valence-corrected chi connectivity index (χ2v) is 8.98. The Morgan fingerprint density at radius 2 is 1.36 bits per heavy atom. The van der Waals surface area contributed by atoms with Gasteiger partial charge in [-0.15, -0.1) is 0 Å². The van der Waals surface area contributed by atoms with Crippen LogP contribution in [-0.2, 0) is 36.8 Å². The predicted octanol–water partition coefficient (Wildman–Crippen LogP) is -2.82. The van der Waals surface area contributed by atoms with E-state index in [0.29, 0.717) is 37.2 Å². The van der Waals surface area contributed by atoms with E-state index in [9.17, 15) is 29.1 Å². The van der Waals surface area contributed by atoms with Crippen molar-refractivity contribution in [3.05, 3.63) is 36.4 Å². The molecule has 2 aromatic rings. The Hall–Kier alpha value is -4.31. The molecular formula is C23H36N10O6. The lowest BCUT2D eigenvalue weighted by molar-refractivity contribution is -0.142. The van der Waals surface area contributed by atoms with Crippen LogP contribution in [0.2, 0.25) is 0 Å². The molecular weight excluding hydrogens is 512 g/mol. The molecule has 2 rings (SSSR count). The number of rotatable bonds is 18. The van der Waals surface area contributed by atoms with Crippen LogP contribution in [0.15, 0.2) is 25.0 Å². The summed E-state index contributed by atoms with van der Waals surface area (Å²) >= 11 is 0. The minimum Gasteiger partial charge on any atom is -0.480 e. The van der Waals surface area contributed by atoms with Crippen molar-refractivity contribution in [2.24, 2.45) is 17.2 Å². The molecule has 0 aliphatic rings. The van der Waals surface area contributed by atoms with E-state index in [-0.39, 0.29) is 25.7 Å². The van der Waals surface area contributed by atoms with Crippen molar-refractivity contribution in [3.63, 3.8) is 0 Å². The van der Waals surface area contributed by atoms with Gasteiger partial charge in [0.2, 0.25) is 23.6 Å². The average molecular weight is 549 g/mol. The van der Waals surface area contributed by atoms with Gasteiger partial charge in [-0.25, -0.2) is 14.8 Å². The number of unbranched alkanes of at least 4 members (excludes halogenated alkanes) is 1. The molecule has 0 bridgehead atoms. The predicted molar refractivity (Wildman–Crippen MR) is 137 cm³/mol. The third-order valence-corrected chi connectivity index (χ3v) is 5.82. The van der Waals surface area contributed by atoms with Gasteiger partial charge < -0.3 is 48.2 Å². The summed E-state index contributed by atoms with van der Waals surface area (Å²) in [5.74, 6) is -4.21. The van der Waals surface area contributed by atoms with Gasteiger partial charge in [0.05, 0.1) is 18.7 Å². The van der Waals surface area contributed by atoms with Gasteiger partial charge >= 0.3 is 5.97 Å². The topological polar surface area (TPSA) is 277 Å². The summed E-state index contributed by atoms with van der Waals surface area (Å²) in [6.07, 6.45) is 6.76. The fourth-order valence-electron chi connectivity index (χ4n) is 3.66. The molecule has 0 saturated heterocycles. The molecule has 214 valence electrons. The SMILES string of the molecule is NCCCCC(N)C(=O)NC(Cc1cnc[nH]1)C(=O)NC(CCC(N)=O)C(=O)NC(Cc1cnc[nH]1)C(=O)O. The zero-order chi connectivity index (χ0) is 28.8. The van der Waals surface area contributed by atoms with E-state index in [2.05, 4.69) is 35.9 Å². The average Bonchev–Trinajstić information content (AvgIpc) is 3.59. The molecule has 0 fully saturated rings. The molecule has 12 N–H and O–H groups in total. The Balaban J connectivity index is 2.16. The van der Waals surface area contributed by atoms with Crippen LogP contribution in [0.5, 0.6) is 0 Å². The van der Waals surface area contributed by atoms with Crippen molar-refractivity contribution >= 4 is 29.6 Å². The summed E-state index contributed by atoms with van der Waals surface area (Å²) in [5, 5.41) is 17.0. The lowest BCUT2D eigenvalue weighted by Crippen LogP contribution is -2.58. The Kier molecular flexibility index (Phi) is 12.5. The first kappa shape index (κ1) is 30.9. The Labute approximate surface area is 224 Å². The molecule has 16 heteroatoms. The Morgan fingerprint density at radius 1 is 0.821 bits per heavy atom. The van der Waals surface area contributed by atoms with E-state index in [4.69, 9.17) is 17.2 Å². The summed E-state index contributed by atoms with van der Waals surface area (Å²) in [5.41, 5.74) is 17.7. The molecule has 0 radical (unpaired) electrons. The molecule has 2 heterocycles. The zero-order valence-electron chi connectivity index (χ0n) is 21.4. The van der Waals surface area contributed by atoms with E-state index >= 15 is 0 Å². The van der Waals surface area contributed by atoms with Crippen LogP contribution < -0.4 is 33.2 Å². The standard InChI is InChI=1S/C23H36N10O6/c24-6-2-1-3-15(25)20(35)32-17(7-13-9-27-11-29-13)22(37)31-16(4-5-19(26)34)21(36)33-18(23(38)39)8-14-10-28-12-30-14/h9-12,15-18H,1-8,24-25H2,(H2,26,34)(H,27,29)(H,28,30)(H,31,37)(H,32,35)(H,33,36)(H,38,39). The quantitative estimate of drug-likeness (QED) is 0.0861. The highest BCUT2D eigenvalue weighted by molar-refractivity contribution is 5.94. The number of hydrogen-bond donors (Lipinski definition) is 9. The van der Waals surface area contributed by atoms with Gasteiger partial charge in [0.25, 0.3) is 0 Å². The highest BCUT2D eigenvalue weighted by Gasteiger charge is 2.31. The number of amides is 4. The molecule has 0 saturated carbocycles. The Bertz CT molecular complexity index is 1080. The molecule has 4 amide bonds. The number of nitrogens with one attached hydrogen (secondary N) is 5. The first-order chi connectivity index (χ1) is 18.6. The van der Waals surface area contributed by atoms with Crippen molar-refractivity contribution in [1.29, 1.82) is 0 Å². The number of aliphatic carboxylic acids is 1. The minimum absolute atomic E-state index is 0.00513. The smallest absolute Gasteiger partial charge is 0.326 e. The summed E-state index contributed by atoms with van der Waals surface area (Å²) in [7, 11) is 0. The van der Waals surface area contributed by atoms with E-state index < -0.39 is 53.8 Å². The first-order valence-electron chi connectivity index (χ1n) is 12.4. The number of carboxylic acid groups (broad SMARTS) is 1. The summed E-state index contributed by atoms with van der Waals surface area (Å²) in [4.78, 5) is 75.5. The lowest BCUT2D eigenvalue weighted by Gasteiger charge is -2.25. The maximum Gasteiger partial charge on any atom is 0.326 e. The van der Waals surface area contributed by atoms with Crippen LogP contribution in [0, 0.1) is 0 Å². The number of nitrogens with two attached hydrogens (primary N) is 3. The Morgan fingerprint density at radius 3 is 1.87 bits per heavy atom. The zero-order valence-corrected chi connectivity index (χ0v) is 21.4. The normalized spacial score (nSPS) is 14.0. The fourth-order valence-corrected chi connectivity index (χ4v) is 3.66. The molecule has 4 atom stereocenters. The molecule has 16 nitrogen and oxygen atoms in total. The fraction of sp³-hybridized carbons (Fsp3) is 0.522. The van der Waals surface area contributed by atoms with Gasteiger partial charge in [-0.1, -0.05) is 6.42 Å². The second kappa shape index (κ2) is 15.8. The van der Waals surface area contributed by atoms with Gasteiger partial charge in [-0.3, -0.25) is 19.2 Å². The molecule has 0 aromatic carbocycles. The molecule has 4 unspecified atom stereocenters. The molecule has 0 spiro atoms. The second-order valence-electron chi connectivity index (χ2n) is 8.98. The number of carbonyl (C=O) groups is 5. The summed E-state index contributed by atoms with van der Waals surface area (Å²) in [6.45, 7) is 0.457. The number of H-pyrrole nitrogens is 2. The van der Waals surface area contributed by atoms with Crippen LogP contribution in [-0.4, -0.2) is 85.4 Å². The van der Waals surface area contributed by atoms with Gasteiger partial charge in [0.15, 0.2) is 0 Å². The van der Waals surface area contributed by atoms with Gasteiger partial charge in [-0.05, 0) is 25.8 Å². The van der Waals surface area contributed by atoms with Crippen molar-refractivity contribution in [3.8, 4) is 0 Å². The first-order valence-corrected chi connectivity index (χ1v) is 12.4. The van der Waals surface area contributed by atoms with Crippen LogP contribution >= 0.6 is 0 Å². The number of primary amides is 1. The summed E-state index contributed by atoms with van der Waals surface area (Å²) < 4.78 is 0. The third kappa shape index (κ3) is 10.9. The third-order valence-electron chi connectivity index (χ3n) is 5.82. The number of aromatic nitrogens is 4. The maximum absolute atomic E-state index is 13.3. The van der Waals surface area contributed by atoms with Crippen LogP contribution in [0.4, 0.5) is 0 Å². The van der Waals surface area contributed by atoms with E-state index in [0.717, 1.165) is 0 Å². The maximum atomic E-state index is 13.3. The van der Waals surface area contributed by atoms with Crippen LogP contribution in [0.3, 0.4) is 0 Å².